The van der Waals surface area contributed by atoms with Crippen LogP contribution >= 0.6 is 0 Å². The molecule has 1 saturated heterocycles. The van der Waals surface area contributed by atoms with Crippen LogP contribution in [0.15, 0.2) is 42.6 Å². The lowest BCUT2D eigenvalue weighted by Gasteiger charge is -2.48. The summed E-state index contributed by atoms with van der Waals surface area (Å²) in [5.41, 5.74) is 1.32. The monoisotopic (exact) mass is 421 g/mol. The molecule has 162 valence electrons. The molecule has 3 amide bonds. The number of benzene rings is 1. The maximum atomic E-state index is 13.2. The summed E-state index contributed by atoms with van der Waals surface area (Å²) in [6.07, 6.45) is 2.84. The maximum Gasteiger partial charge on any atom is 0.257 e. The molecule has 31 heavy (non-hydrogen) atoms. The van der Waals surface area contributed by atoms with E-state index >= 15 is 0 Å². The van der Waals surface area contributed by atoms with Gasteiger partial charge in [0, 0.05) is 46.2 Å². The Morgan fingerprint density at radius 1 is 1.19 bits per heavy atom. The van der Waals surface area contributed by atoms with E-state index in [-0.39, 0.29) is 30.7 Å². The molecule has 0 radical (unpaired) electrons. The van der Waals surface area contributed by atoms with Crippen LogP contribution in [0.4, 0.5) is 11.5 Å². The van der Waals surface area contributed by atoms with Gasteiger partial charge in [-0.2, -0.15) is 0 Å². The minimum Gasteiger partial charge on any atom is -0.363 e. The van der Waals surface area contributed by atoms with E-state index in [2.05, 4.69) is 10.3 Å². The van der Waals surface area contributed by atoms with E-state index < -0.39 is 5.66 Å². The summed E-state index contributed by atoms with van der Waals surface area (Å²) in [6, 6.07) is 11.0. The van der Waals surface area contributed by atoms with Gasteiger partial charge in [0.25, 0.3) is 5.91 Å². The van der Waals surface area contributed by atoms with Gasteiger partial charge in [-0.25, -0.2) is 4.98 Å². The fourth-order valence-electron chi connectivity index (χ4n) is 4.33. The first-order chi connectivity index (χ1) is 14.8. The highest BCUT2D eigenvalue weighted by Gasteiger charge is 2.52. The second-order valence-corrected chi connectivity index (χ2v) is 8.37. The third kappa shape index (κ3) is 3.73. The summed E-state index contributed by atoms with van der Waals surface area (Å²) in [6.45, 7) is 2.52. The number of carbonyl (C=O) groups is 3. The number of anilines is 2. The quantitative estimate of drug-likeness (QED) is 0.773. The molecule has 1 aromatic carbocycles. The average molecular weight is 422 g/mol. The standard InChI is InChI=1S/C23H27N5O3/c1-23-12-10-21(30)28(23)18-7-5-4-6-17(18)22(31)27(23)13-11-20(29)25-15-16-8-9-19(24-14-16)26(2)3/h4-9,14H,10-13,15H2,1-3H3,(H,25,29). The van der Waals surface area contributed by atoms with Crippen molar-refractivity contribution in [3.05, 3.63) is 53.7 Å². The van der Waals surface area contributed by atoms with Crippen molar-refractivity contribution in [3.8, 4) is 0 Å². The van der Waals surface area contributed by atoms with Crippen molar-refractivity contribution in [2.75, 3.05) is 30.4 Å². The number of carbonyl (C=O) groups excluding carboxylic acids is 3. The lowest BCUT2D eigenvalue weighted by Crippen LogP contribution is -2.62. The molecular weight excluding hydrogens is 394 g/mol. The van der Waals surface area contributed by atoms with Gasteiger partial charge >= 0.3 is 0 Å². The van der Waals surface area contributed by atoms with Gasteiger partial charge in [0.15, 0.2) is 0 Å². The Morgan fingerprint density at radius 2 is 1.97 bits per heavy atom. The molecule has 1 atom stereocenters. The Morgan fingerprint density at radius 3 is 2.68 bits per heavy atom. The third-order valence-corrected chi connectivity index (χ3v) is 6.07. The fourth-order valence-corrected chi connectivity index (χ4v) is 4.33. The first kappa shape index (κ1) is 20.8. The maximum absolute atomic E-state index is 13.2. The SMILES string of the molecule is CN(C)c1ccc(CNC(=O)CCN2C(=O)c3ccccc3N3C(=O)CCC23C)cn1. The molecule has 8 nitrogen and oxygen atoms in total. The van der Waals surface area contributed by atoms with Crippen LogP contribution in [0, 0.1) is 0 Å². The van der Waals surface area contributed by atoms with Crippen LogP contribution < -0.4 is 15.1 Å². The van der Waals surface area contributed by atoms with Gasteiger partial charge in [0.2, 0.25) is 11.8 Å². The van der Waals surface area contributed by atoms with Crippen molar-refractivity contribution >= 4 is 29.2 Å². The molecule has 4 rings (SSSR count). The Hall–Kier alpha value is -3.42. The zero-order chi connectivity index (χ0) is 22.2. The van der Waals surface area contributed by atoms with Crippen molar-refractivity contribution in [1.82, 2.24) is 15.2 Å². The molecule has 0 bridgehead atoms. The predicted molar refractivity (Wildman–Crippen MR) is 118 cm³/mol. The van der Waals surface area contributed by atoms with E-state index in [4.69, 9.17) is 0 Å². The molecule has 2 aliphatic heterocycles. The summed E-state index contributed by atoms with van der Waals surface area (Å²) in [7, 11) is 3.84. The number of rotatable bonds is 6. The minimum atomic E-state index is -0.741. The molecule has 0 spiro atoms. The number of hydrogen-bond donors (Lipinski definition) is 1. The molecule has 0 aliphatic carbocycles. The van der Waals surface area contributed by atoms with Gasteiger partial charge < -0.3 is 15.1 Å². The van der Waals surface area contributed by atoms with Crippen LogP contribution in [-0.4, -0.2) is 53.9 Å². The Balaban J connectivity index is 1.42. The second-order valence-electron chi connectivity index (χ2n) is 8.37. The summed E-state index contributed by atoms with van der Waals surface area (Å²) in [4.78, 5) is 47.9. The van der Waals surface area contributed by atoms with Crippen LogP contribution in [0.3, 0.4) is 0 Å². The van der Waals surface area contributed by atoms with Crippen LogP contribution in [0.5, 0.6) is 0 Å². The van der Waals surface area contributed by atoms with Gasteiger partial charge in [0.05, 0.1) is 11.3 Å². The van der Waals surface area contributed by atoms with Crippen molar-refractivity contribution in [2.24, 2.45) is 0 Å². The number of para-hydroxylation sites is 1. The number of hydrogen-bond acceptors (Lipinski definition) is 5. The molecule has 1 fully saturated rings. The smallest absolute Gasteiger partial charge is 0.257 e. The summed E-state index contributed by atoms with van der Waals surface area (Å²) >= 11 is 0. The molecule has 1 aromatic heterocycles. The molecule has 0 saturated carbocycles. The fraction of sp³-hybridized carbons (Fsp3) is 0.391. The normalized spacial score (nSPS) is 19.8. The molecule has 2 aliphatic rings. The van der Waals surface area contributed by atoms with E-state index in [9.17, 15) is 14.4 Å². The highest BCUT2D eigenvalue weighted by atomic mass is 16.2. The molecule has 8 heteroatoms. The zero-order valence-corrected chi connectivity index (χ0v) is 18.1. The number of fused-ring (bicyclic) bond motifs is 3. The lowest BCUT2D eigenvalue weighted by molar-refractivity contribution is -0.121. The molecule has 2 aromatic rings. The van der Waals surface area contributed by atoms with Gasteiger partial charge in [-0.05, 0) is 37.1 Å². The molecule has 3 heterocycles. The molecule has 1 unspecified atom stereocenters. The van der Waals surface area contributed by atoms with Gasteiger partial charge in [-0.3, -0.25) is 19.3 Å². The Labute approximate surface area is 181 Å². The number of nitrogens with one attached hydrogen (secondary N) is 1. The Bertz CT molecular complexity index is 1020. The number of nitrogens with zero attached hydrogens (tertiary/aromatic N) is 4. The topological polar surface area (TPSA) is 85.9 Å². The van der Waals surface area contributed by atoms with E-state index in [0.717, 1.165) is 11.4 Å². The van der Waals surface area contributed by atoms with Gasteiger partial charge in [-0.15, -0.1) is 0 Å². The van der Waals surface area contributed by atoms with Crippen LogP contribution in [0.1, 0.15) is 42.1 Å². The number of aromatic nitrogens is 1. The van der Waals surface area contributed by atoms with E-state index in [1.54, 1.807) is 28.1 Å². The highest BCUT2D eigenvalue weighted by molar-refractivity contribution is 6.10. The van der Waals surface area contributed by atoms with Crippen LogP contribution in [0.25, 0.3) is 0 Å². The van der Waals surface area contributed by atoms with Crippen LogP contribution in [-0.2, 0) is 16.1 Å². The summed E-state index contributed by atoms with van der Waals surface area (Å²) < 4.78 is 0. The Kier molecular flexibility index (Phi) is 5.39. The second kappa shape index (κ2) is 8.02. The first-order valence-corrected chi connectivity index (χ1v) is 10.4. The first-order valence-electron chi connectivity index (χ1n) is 10.4. The van der Waals surface area contributed by atoms with Crippen molar-refractivity contribution < 1.29 is 14.4 Å². The van der Waals surface area contributed by atoms with Gasteiger partial charge in [0.1, 0.15) is 11.5 Å². The van der Waals surface area contributed by atoms with Crippen molar-refractivity contribution in [2.45, 2.75) is 38.4 Å². The van der Waals surface area contributed by atoms with E-state index in [0.29, 0.717) is 30.6 Å². The van der Waals surface area contributed by atoms with Crippen LogP contribution in [0.2, 0.25) is 0 Å². The predicted octanol–water partition coefficient (Wildman–Crippen LogP) is 2.15. The number of amides is 3. The largest absolute Gasteiger partial charge is 0.363 e. The third-order valence-electron chi connectivity index (χ3n) is 6.07. The minimum absolute atomic E-state index is 0.00516. The summed E-state index contributed by atoms with van der Waals surface area (Å²) in [5, 5.41) is 2.89. The average Bonchev–Trinajstić information content (AvgIpc) is 3.07. The zero-order valence-electron chi connectivity index (χ0n) is 18.1. The molecular formula is C23H27N5O3. The van der Waals surface area contributed by atoms with Gasteiger partial charge in [-0.1, -0.05) is 18.2 Å². The van der Waals surface area contributed by atoms with E-state index in [1.807, 2.05) is 50.2 Å². The summed E-state index contributed by atoms with van der Waals surface area (Å²) in [5.74, 6) is 0.566. The highest BCUT2D eigenvalue weighted by Crippen LogP contribution is 2.43. The van der Waals surface area contributed by atoms with Crippen molar-refractivity contribution in [3.63, 3.8) is 0 Å². The lowest BCUT2D eigenvalue weighted by atomic mass is 9.98. The number of pyridine rings is 1. The van der Waals surface area contributed by atoms with Crippen molar-refractivity contribution in [1.29, 1.82) is 0 Å². The van der Waals surface area contributed by atoms with E-state index in [1.165, 1.54) is 0 Å². The molecule has 1 N–H and O–H groups in total.